The van der Waals surface area contributed by atoms with Crippen LogP contribution in [0.3, 0.4) is 0 Å². The molecule has 0 aliphatic heterocycles. The SMILES string of the molecule is Cc1c(C)n(CC2CC2)c2c(NCc3ccc(F)cc3)nccc12. The van der Waals surface area contributed by atoms with Gasteiger partial charge >= 0.3 is 0 Å². The van der Waals surface area contributed by atoms with Crippen LogP contribution in [-0.4, -0.2) is 9.55 Å². The first-order valence-electron chi connectivity index (χ1n) is 8.56. The summed E-state index contributed by atoms with van der Waals surface area (Å²) < 4.78 is 15.5. The van der Waals surface area contributed by atoms with E-state index < -0.39 is 0 Å². The monoisotopic (exact) mass is 323 g/mol. The molecule has 4 rings (SSSR count). The van der Waals surface area contributed by atoms with E-state index in [0.717, 1.165) is 23.8 Å². The molecule has 1 aliphatic rings. The van der Waals surface area contributed by atoms with Gasteiger partial charge in [-0.2, -0.15) is 0 Å². The van der Waals surface area contributed by atoms with Crippen molar-refractivity contribution in [3.8, 4) is 0 Å². The summed E-state index contributed by atoms with van der Waals surface area (Å²) in [5.41, 5.74) is 4.90. The van der Waals surface area contributed by atoms with Gasteiger partial charge in [0.05, 0.1) is 5.52 Å². The van der Waals surface area contributed by atoms with Gasteiger partial charge in [0.2, 0.25) is 0 Å². The smallest absolute Gasteiger partial charge is 0.150 e. The largest absolute Gasteiger partial charge is 0.364 e. The number of fused-ring (bicyclic) bond motifs is 1. The van der Waals surface area contributed by atoms with E-state index in [0.29, 0.717) is 6.54 Å². The summed E-state index contributed by atoms with van der Waals surface area (Å²) in [7, 11) is 0. The Kier molecular flexibility index (Phi) is 3.75. The Hall–Kier alpha value is -2.36. The Labute approximate surface area is 141 Å². The molecule has 1 aliphatic carbocycles. The van der Waals surface area contributed by atoms with Crippen LogP contribution in [0.4, 0.5) is 10.2 Å². The molecule has 2 aromatic heterocycles. The Morgan fingerprint density at radius 3 is 2.62 bits per heavy atom. The van der Waals surface area contributed by atoms with Gasteiger partial charge < -0.3 is 9.88 Å². The third kappa shape index (κ3) is 2.77. The van der Waals surface area contributed by atoms with E-state index in [-0.39, 0.29) is 5.82 Å². The molecule has 0 amide bonds. The average molecular weight is 323 g/mol. The van der Waals surface area contributed by atoms with E-state index in [1.165, 1.54) is 47.1 Å². The Morgan fingerprint density at radius 1 is 1.17 bits per heavy atom. The molecule has 1 saturated carbocycles. The van der Waals surface area contributed by atoms with Crippen LogP contribution in [0.15, 0.2) is 36.5 Å². The van der Waals surface area contributed by atoms with Crippen LogP contribution in [0.2, 0.25) is 0 Å². The lowest BCUT2D eigenvalue weighted by Crippen LogP contribution is -2.07. The van der Waals surface area contributed by atoms with Crippen molar-refractivity contribution in [3.63, 3.8) is 0 Å². The fourth-order valence-corrected chi connectivity index (χ4v) is 3.30. The molecule has 3 nitrogen and oxygen atoms in total. The molecular formula is C20H22FN3. The van der Waals surface area contributed by atoms with Crippen molar-refractivity contribution in [2.45, 2.75) is 39.8 Å². The number of pyridine rings is 1. The molecule has 24 heavy (non-hydrogen) atoms. The van der Waals surface area contributed by atoms with Gasteiger partial charge in [-0.3, -0.25) is 0 Å². The predicted molar refractivity (Wildman–Crippen MR) is 95.7 cm³/mol. The van der Waals surface area contributed by atoms with Gasteiger partial charge in [-0.05, 0) is 61.9 Å². The summed E-state index contributed by atoms with van der Waals surface area (Å²) in [6.07, 6.45) is 4.52. The lowest BCUT2D eigenvalue weighted by Gasteiger charge is -2.12. The van der Waals surface area contributed by atoms with Gasteiger partial charge in [0.15, 0.2) is 5.82 Å². The van der Waals surface area contributed by atoms with Crippen LogP contribution < -0.4 is 5.32 Å². The zero-order chi connectivity index (χ0) is 16.7. The number of anilines is 1. The normalized spacial score (nSPS) is 14.3. The van der Waals surface area contributed by atoms with Crippen molar-refractivity contribution < 1.29 is 4.39 Å². The number of hydrogen-bond acceptors (Lipinski definition) is 2. The molecule has 1 aromatic carbocycles. The minimum atomic E-state index is -0.205. The Morgan fingerprint density at radius 2 is 1.92 bits per heavy atom. The molecule has 0 unspecified atom stereocenters. The van der Waals surface area contributed by atoms with Crippen LogP contribution in [-0.2, 0) is 13.1 Å². The first-order chi connectivity index (χ1) is 11.6. The second kappa shape index (κ2) is 5.93. The lowest BCUT2D eigenvalue weighted by atomic mass is 10.2. The summed E-state index contributed by atoms with van der Waals surface area (Å²) in [6, 6.07) is 8.71. The molecular weight excluding hydrogens is 301 g/mol. The summed E-state index contributed by atoms with van der Waals surface area (Å²) >= 11 is 0. The van der Waals surface area contributed by atoms with Crippen molar-refractivity contribution in [2.24, 2.45) is 5.92 Å². The maximum Gasteiger partial charge on any atom is 0.150 e. The van der Waals surface area contributed by atoms with E-state index in [4.69, 9.17) is 0 Å². The van der Waals surface area contributed by atoms with Crippen LogP contribution in [0.5, 0.6) is 0 Å². The van der Waals surface area contributed by atoms with Gasteiger partial charge in [-0.15, -0.1) is 0 Å². The van der Waals surface area contributed by atoms with Gasteiger partial charge in [0, 0.05) is 30.4 Å². The highest BCUT2D eigenvalue weighted by molar-refractivity contribution is 5.93. The minimum Gasteiger partial charge on any atom is -0.364 e. The Bertz CT molecular complexity index is 876. The molecule has 2 heterocycles. The number of aromatic nitrogens is 2. The van der Waals surface area contributed by atoms with Gasteiger partial charge in [0.25, 0.3) is 0 Å². The van der Waals surface area contributed by atoms with Crippen LogP contribution in [0, 0.1) is 25.6 Å². The maximum atomic E-state index is 13.0. The van der Waals surface area contributed by atoms with E-state index in [9.17, 15) is 4.39 Å². The van der Waals surface area contributed by atoms with Crippen molar-refractivity contribution >= 4 is 16.7 Å². The summed E-state index contributed by atoms with van der Waals surface area (Å²) in [5.74, 6) is 1.51. The molecule has 3 aromatic rings. The molecule has 1 N–H and O–H groups in total. The first kappa shape index (κ1) is 15.2. The zero-order valence-corrected chi connectivity index (χ0v) is 14.1. The fraction of sp³-hybridized carbons (Fsp3) is 0.350. The van der Waals surface area contributed by atoms with E-state index in [1.807, 2.05) is 18.3 Å². The molecule has 0 spiro atoms. The minimum absolute atomic E-state index is 0.205. The first-order valence-corrected chi connectivity index (χ1v) is 8.56. The van der Waals surface area contributed by atoms with Gasteiger partial charge in [-0.1, -0.05) is 12.1 Å². The number of nitrogens with zero attached hydrogens (tertiary/aromatic N) is 2. The fourth-order valence-electron chi connectivity index (χ4n) is 3.30. The standard InChI is InChI=1S/C20H22FN3/c1-13-14(2)24(12-16-3-4-16)19-18(13)9-10-22-20(19)23-11-15-5-7-17(21)8-6-15/h5-10,16H,3-4,11-12H2,1-2H3,(H,22,23). The molecule has 0 bridgehead atoms. The Balaban J connectivity index is 1.69. The zero-order valence-electron chi connectivity index (χ0n) is 14.1. The average Bonchev–Trinajstić information content (AvgIpc) is 3.38. The van der Waals surface area contributed by atoms with Crippen LogP contribution in [0.25, 0.3) is 10.9 Å². The lowest BCUT2D eigenvalue weighted by molar-refractivity contribution is 0.627. The second-order valence-electron chi connectivity index (χ2n) is 6.80. The molecule has 4 heteroatoms. The van der Waals surface area contributed by atoms with Crippen LogP contribution >= 0.6 is 0 Å². The van der Waals surface area contributed by atoms with E-state index in [1.54, 1.807) is 0 Å². The molecule has 0 saturated heterocycles. The van der Waals surface area contributed by atoms with Crippen molar-refractivity contribution in [3.05, 3.63) is 59.2 Å². The highest BCUT2D eigenvalue weighted by Crippen LogP contribution is 2.36. The number of nitrogens with one attached hydrogen (secondary N) is 1. The molecule has 0 atom stereocenters. The second-order valence-corrected chi connectivity index (χ2v) is 6.80. The van der Waals surface area contributed by atoms with Crippen molar-refractivity contribution in [1.29, 1.82) is 0 Å². The number of rotatable bonds is 5. The number of hydrogen-bond donors (Lipinski definition) is 1. The molecule has 0 radical (unpaired) electrons. The number of benzene rings is 1. The quantitative estimate of drug-likeness (QED) is 0.730. The van der Waals surface area contributed by atoms with Gasteiger partial charge in [0.1, 0.15) is 5.82 Å². The number of aryl methyl sites for hydroxylation is 1. The van der Waals surface area contributed by atoms with Crippen molar-refractivity contribution in [2.75, 3.05) is 5.32 Å². The summed E-state index contributed by atoms with van der Waals surface area (Å²) in [5, 5.41) is 4.71. The van der Waals surface area contributed by atoms with Gasteiger partial charge in [-0.25, -0.2) is 9.37 Å². The predicted octanol–water partition coefficient (Wildman–Crippen LogP) is 4.81. The topological polar surface area (TPSA) is 29.9 Å². The highest BCUT2D eigenvalue weighted by Gasteiger charge is 2.25. The highest BCUT2D eigenvalue weighted by atomic mass is 19.1. The molecule has 124 valence electrons. The third-order valence-electron chi connectivity index (χ3n) is 5.06. The van der Waals surface area contributed by atoms with E-state index in [2.05, 4.69) is 34.8 Å². The molecule has 1 fully saturated rings. The maximum absolute atomic E-state index is 13.0. The van der Waals surface area contributed by atoms with Crippen molar-refractivity contribution in [1.82, 2.24) is 9.55 Å². The number of halogens is 1. The van der Waals surface area contributed by atoms with Crippen LogP contribution in [0.1, 0.15) is 29.7 Å². The summed E-state index contributed by atoms with van der Waals surface area (Å²) in [6.45, 7) is 6.10. The summed E-state index contributed by atoms with van der Waals surface area (Å²) in [4.78, 5) is 4.58. The van der Waals surface area contributed by atoms with E-state index >= 15 is 0 Å². The third-order valence-corrected chi connectivity index (χ3v) is 5.06.